The van der Waals surface area contributed by atoms with Gasteiger partial charge < -0.3 is 0 Å². The number of pyridine rings is 1. The Labute approximate surface area is 135 Å². The average molecular weight is 336 g/mol. The lowest BCUT2D eigenvalue weighted by atomic mass is 10.0. The molecule has 1 aromatic carbocycles. The van der Waals surface area contributed by atoms with Crippen molar-refractivity contribution < 1.29 is 18.0 Å². The third-order valence-electron chi connectivity index (χ3n) is 2.94. The van der Waals surface area contributed by atoms with Crippen molar-refractivity contribution in [3.05, 3.63) is 58.8 Å². The Balaban J connectivity index is 2.66. The Kier molecular flexibility index (Phi) is 5.06. The van der Waals surface area contributed by atoms with Gasteiger partial charge >= 0.3 is 6.18 Å². The third kappa shape index (κ3) is 3.71. The van der Waals surface area contributed by atoms with Gasteiger partial charge in [-0.05, 0) is 11.8 Å². The van der Waals surface area contributed by atoms with Crippen molar-refractivity contribution in [2.75, 3.05) is 5.75 Å². The number of hydrogen-bond acceptors (Lipinski definition) is 4. The van der Waals surface area contributed by atoms with Crippen LogP contribution < -0.4 is 0 Å². The number of halogens is 3. The van der Waals surface area contributed by atoms with Crippen molar-refractivity contribution in [1.29, 1.82) is 5.26 Å². The molecule has 2 rings (SSSR count). The molecule has 0 unspecified atom stereocenters. The van der Waals surface area contributed by atoms with Gasteiger partial charge in [-0.25, -0.2) is 4.98 Å². The standard InChI is InChI=1S/C16H11F3N2OS/c1-2-23-15-11(9-20)8-12(14(21-15)16(17,18)19)13(22)10-6-4-3-5-7-10/h3-8H,2H2,1H3. The van der Waals surface area contributed by atoms with E-state index in [4.69, 9.17) is 5.26 Å². The first kappa shape index (κ1) is 17.0. The highest BCUT2D eigenvalue weighted by atomic mass is 32.2. The van der Waals surface area contributed by atoms with E-state index in [1.165, 1.54) is 12.1 Å². The number of carbonyl (C=O) groups excluding carboxylic acids is 1. The zero-order chi connectivity index (χ0) is 17.0. The van der Waals surface area contributed by atoms with Gasteiger partial charge in [0, 0.05) is 5.56 Å². The molecule has 0 saturated carbocycles. The summed E-state index contributed by atoms with van der Waals surface area (Å²) in [6.45, 7) is 1.74. The van der Waals surface area contributed by atoms with Gasteiger partial charge in [0.05, 0.1) is 11.1 Å². The van der Waals surface area contributed by atoms with Crippen LogP contribution in [0.15, 0.2) is 41.4 Å². The molecule has 2 aromatic rings. The number of rotatable bonds is 4. The summed E-state index contributed by atoms with van der Waals surface area (Å²) in [6.07, 6.45) is -4.78. The quantitative estimate of drug-likeness (QED) is 0.616. The summed E-state index contributed by atoms with van der Waals surface area (Å²) in [5, 5.41) is 9.10. The molecular formula is C16H11F3N2OS. The molecule has 0 atom stereocenters. The zero-order valence-corrected chi connectivity index (χ0v) is 12.8. The maximum Gasteiger partial charge on any atom is 0.434 e. The normalized spacial score (nSPS) is 11.1. The van der Waals surface area contributed by atoms with E-state index < -0.39 is 23.2 Å². The summed E-state index contributed by atoms with van der Waals surface area (Å²) in [6, 6.07) is 10.4. The summed E-state index contributed by atoms with van der Waals surface area (Å²) in [7, 11) is 0. The Morgan fingerprint density at radius 2 is 1.96 bits per heavy atom. The number of carbonyl (C=O) groups is 1. The van der Waals surface area contributed by atoms with Crippen molar-refractivity contribution in [3.8, 4) is 6.07 Å². The van der Waals surface area contributed by atoms with Gasteiger partial charge in [-0.3, -0.25) is 4.79 Å². The van der Waals surface area contributed by atoms with Crippen LogP contribution in [0.5, 0.6) is 0 Å². The third-order valence-corrected chi connectivity index (χ3v) is 3.81. The Bertz CT molecular complexity index is 767. The van der Waals surface area contributed by atoms with Gasteiger partial charge in [0.15, 0.2) is 11.5 Å². The molecule has 0 amide bonds. The molecule has 1 heterocycles. The minimum absolute atomic E-state index is 0.0214. The Morgan fingerprint density at radius 1 is 1.30 bits per heavy atom. The predicted molar refractivity (Wildman–Crippen MR) is 80.2 cm³/mol. The van der Waals surface area contributed by atoms with E-state index in [2.05, 4.69) is 4.98 Å². The molecule has 0 bridgehead atoms. The molecule has 0 fully saturated rings. The summed E-state index contributed by atoms with van der Waals surface area (Å²) in [5.74, 6) is -0.347. The lowest BCUT2D eigenvalue weighted by Gasteiger charge is -2.13. The maximum absolute atomic E-state index is 13.3. The zero-order valence-electron chi connectivity index (χ0n) is 12.0. The van der Waals surface area contributed by atoms with Crippen LogP contribution in [0.3, 0.4) is 0 Å². The molecule has 7 heteroatoms. The molecular weight excluding hydrogens is 325 g/mol. The van der Waals surface area contributed by atoms with Crippen LogP contribution in [0.4, 0.5) is 13.2 Å². The fraction of sp³-hybridized carbons (Fsp3) is 0.188. The maximum atomic E-state index is 13.3. The second-order valence-electron chi connectivity index (χ2n) is 4.47. The smallest absolute Gasteiger partial charge is 0.289 e. The van der Waals surface area contributed by atoms with E-state index in [9.17, 15) is 18.0 Å². The topological polar surface area (TPSA) is 53.8 Å². The van der Waals surface area contributed by atoms with Crippen LogP contribution in [-0.4, -0.2) is 16.5 Å². The second kappa shape index (κ2) is 6.84. The van der Waals surface area contributed by atoms with E-state index >= 15 is 0 Å². The molecule has 0 aliphatic rings. The summed E-state index contributed by atoms with van der Waals surface area (Å²) in [4.78, 5) is 15.9. The molecule has 0 saturated heterocycles. The highest BCUT2D eigenvalue weighted by molar-refractivity contribution is 7.99. The van der Waals surface area contributed by atoms with Crippen LogP contribution in [0, 0.1) is 11.3 Å². The SMILES string of the molecule is CCSc1nc(C(F)(F)F)c(C(=O)c2ccccc2)cc1C#N. The Morgan fingerprint density at radius 3 is 2.48 bits per heavy atom. The molecule has 23 heavy (non-hydrogen) atoms. The molecule has 0 aliphatic carbocycles. The van der Waals surface area contributed by atoms with Gasteiger partial charge in [-0.15, -0.1) is 11.8 Å². The summed E-state index contributed by atoms with van der Waals surface area (Å²) >= 11 is 1.03. The fourth-order valence-corrected chi connectivity index (χ4v) is 2.65. The number of aromatic nitrogens is 1. The van der Waals surface area contributed by atoms with Gasteiger partial charge in [-0.1, -0.05) is 37.3 Å². The second-order valence-corrected chi connectivity index (χ2v) is 5.73. The number of alkyl halides is 3. The van der Waals surface area contributed by atoms with Gasteiger partial charge in [0.25, 0.3) is 0 Å². The van der Waals surface area contributed by atoms with E-state index in [-0.39, 0.29) is 16.2 Å². The van der Waals surface area contributed by atoms with Crippen molar-refractivity contribution in [2.45, 2.75) is 18.1 Å². The summed E-state index contributed by atoms with van der Waals surface area (Å²) < 4.78 is 39.8. The largest absolute Gasteiger partial charge is 0.434 e. The van der Waals surface area contributed by atoms with Crippen LogP contribution in [0.2, 0.25) is 0 Å². The number of nitriles is 1. The van der Waals surface area contributed by atoms with Crippen LogP contribution >= 0.6 is 11.8 Å². The number of nitrogens with zero attached hydrogens (tertiary/aromatic N) is 2. The molecule has 0 radical (unpaired) electrons. The lowest BCUT2D eigenvalue weighted by molar-refractivity contribution is -0.141. The number of benzene rings is 1. The first-order valence-electron chi connectivity index (χ1n) is 6.63. The number of thioether (sulfide) groups is 1. The molecule has 1 aromatic heterocycles. The minimum atomic E-state index is -4.78. The molecule has 0 aliphatic heterocycles. The first-order valence-corrected chi connectivity index (χ1v) is 7.62. The number of ketones is 1. The van der Waals surface area contributed by atoms with Crippen LogP contribution in [-0.2, 0) is 6.18 Å². The monoisotopic (exact) mass is 336 g/mol. The highest BCUT2D eigenvalue weighted by Crippen LogP contribution is 2.34. The van der Waals surface area contributed by atoms with Crippen LogP contribution in [0.1, 0.15) is 34.1 Å². The van der Waals surface area contributed by atoms with Crippen molar-refractivity contribution in [3.63, 3.8) is 0 Å². The van der Waals surface area contributed by atoms with Gasteiger partial charge in [-0.2, -0.15) is 18.4 Å². The van der Waals surface area contributed by atoms with E-state index in [1.54, 1.807) is 31.2 Å². The lowest BCUT2D eigenvalue weighted by Crippen LogP contribution is -2.17. The fourth-order valence-electron chi connectivity index (χ4n) is 1.96. The minimum Gasteiger partial charge on any atom is -0.289 e. The van der Waals surface area contributed by atoms with Crippen molar-refractivity contribution in [2.24, 2.45) is 0 Å². The van der Waals surface area contributed by atoms with E-state index in [0.717, 1.165) is 17.8 Å². The average Bonchev–Trinajstić information content (AvgIpc) is 2.54. The molecule has 3 nitrogen and oxygen atoms in total. The first-order chi connectivity index (χ1) is 10.9. The van der Waals surface area contributed by atoms with Gasteiger partial charge in [0.2, 0.25) is 0 Å². The Hall–Kier alpha value is -2.33. The van der Waals surface area contributed by atoms with E-state index in [0.29, 0.717) is 5.75 Å². The van der Waals surface area contributed by atoms with E-state index in [1.807, 2.05) is 0 Å². The molecule has 0 N–H and O–H groups in total. The number of hydrogen-bond donors (Lipinski definition) is 0. The highest BCUT2D eigenvalue weighted by Gasteiger charge is 2.38. The molecule has 0 spiro atoms. The van der Waals surface area contributed by atoms with Gasteiger partial charge in [0.1, 0.15) is 11.1 Å². The molecule has 118 valence electrons. The predicted octanol–water partition coefficient (Wildman–Crippen LogP) is 4.32. The van der Waals surface area contributed by atoms with Crippen molar-refractivity contribution in [1.82, 2.24) is 4.98 Å². The van der Waals surface area contributed by atoms with Crippen molar-refractivity contribution >= 4 is 17.5 Å². The summed E-state index contributed by atoms with van der Waals surface area (Å²) in [5.41, 5.74) is -1.80. The van der Waals surface area contributed by atoms with Crippen LogP contribution in [0.25, 0.3) is 0 Å².